The minimum Gasteiger partial charge on any atom is -0.362 e. The molecule has 2 aliphatic rings. The number of aromatic nitrogens is 3. The Morgan fingerprint density at radius 2 is 1.84 bits per heavy atom. The Kier molecular flexibility index (Phi) is 5.95. The number of carbonyl (C=O) groups excluding carboxylic acids is 1. The second-order valence-electron chi connectivity index (χ2n) is 9.10. The van der Waals surface area contributed by atoms with Crippen LogP contribution in [-0.4, -0.2) is 47.0 Å². The Bertz CT molecular complexity index is 1120. The van der Waals surface area contributed by atoms with Crippen molar-refractivity contribution in [2.75, 3.05) is 24.3 Å². The van der Waals surface area contributed by atoms with E-state index in [1.807, 2.05) is 23.7 Å². The molecule has 1 fully saturated rings. The van der Waals surface area contributed by atoms with Crippen molar-refractivity contribution < 1.29 is 4.79 Å². The first-order valence-corrected chi connectivity index (χ1v) is 12.4. The Morgan fingerprint density at radius 1 is 1.06 bits per heavy atom. The number of nitrogens with zero attached hydrogens (tertiary/aromatic N) is 4. The van der Waals surface area contributed by atoms with Crippen LogP contribution >= 0.6 is 11.3 Å². The minimum atomic E-state index is 0.00496. The molecule has 1 saturated carbocycles. The van der Waals surface area contributed by atoms with Crippen LogP contribution in [0.2, 0.25) is 0 Å². The second kappa shape index (κ2) is 9.02. The molecular weight excluding hydrogens is 420 g/mol. The minimum absolute atomic E-state index is 0.00496. The van der Waals surface area contributed by atoms with Gasteiger partial charge in [-0.15, -0.1) is 11.3 Å². The second-order valence-corrected chi connectivity index (χ2v) is 9.99. The van der Waals surface area contributed by atoms with E-state index in [4.69, 9.17) is 9.97 Å². The average molecular weight is 451 g/mol. The van der Waals surface area contributed by atoms with Crippen LogP contribution in [-0.2, 0) is 12.8 Å². The highest BCUT2D eigenvalue weighted by atomic mass is 32.1. The molecule has 0 saturated heterocycles. The zero-order valence-electron chi connectivity index (χ0n) is 18.7. The summed E-state index contributed by atoms with van der Waals surface area (Å²) >= 11 is 1.56. The fraction of sp³-hybridized carbons (Fsp3) is 0.500. The summed E-state index contributed by atoms with van der Waals surface area (Å²) in [5.74, 6) is 1.81. The van der Waals surface area contributed by atoms with Gasteiger partial charge >= 0.3 is 0 Å². The van der Waals surface area contributed by atoms with Gasteiger partial charge in [0.25, 0.3) is 5.91 Å². The van der Waals surface area contributed by atoms with Crippen molar-refractivity contribution in [3.63, 3.8) is 0 Å². The number of thiazole rings is 1. The average Bonchev–Trinajstić information content (AvgIpc) is 3.27. The summed E-state index contributed by atoms with van der Waals surface area (Å²) in [4.78, 5) is 28.8. The number of rotatable bonds is 5. The maximum atomic E-state index is 12.7. The van der Waals surface area contributed by atoms with Crippen molar-refractivity contribution >= 4 is 39.2 Å². The van der Waals surface area contributed by atoms with Crippen LogP contribution in [0.25, 0.3) is 10.2 Å². The maximum absolute atomic E-state index is 12.7. The van der Waals surface area contributed by atoms with E-state index in [2.05, 4.69) is 34.6 Å². The van der Waals surface area contributed by atoms with Gasteiger partial charge < -0.3 is 15.5 Å². The van der Waals surface area contributed by atoms with Crippen LogP contribution < -0.4 is 15.5 Å². The molecule has 1 amide bonds. The van der Waals surface area contributed by atoms with Crippen LogP contribution in [0.15, 0.2) is 23.7 Å². The number of nitrogens with one attached hydrogen (secondary N) is 2. The highest BCUT2D eigenvalue weighted by Crippen LogP contribution is 2.29. The molecule has 1 aromatic carbocycles. The van der Waals surface area contributed by atoms with Gasteiger partial charge in [-0.05, 0) is 69.6 Å². The molecule has 168 valence electrons. The van der Waals surface area contributed by atoms with Crippen LogP contribution in [0, 0.1) is 0 Å². The molecule has 2 N–H and O–H groups in total. The normalized spacial score (nSPS) is 20.6. The SMILES string of the molecule is CN(C)c1nc(N[C@H]2CC[C@@H](NC(=O)c3ccc4ncsc4c3)CC2)nc2c1CCCC2. The van der Waals surface area contributed by atoms with E-state index in [9.17, 15) is 4.79 Å². The summed E-state index contributed by atoms with van der Waals surface area (Å²) < 4.78 is 1.05. The van der Waals surface area contributed by atoms with Crippen molar-refractivity contribution in [3.05, 3.63) is 40.5 Å². The lowest BCUT2D eigenvalue weighted by molar-refractivity contribution is 0.0926. The third kappa shape index (κ3) is 4.41. The molecular formula is C24H30N6OS. The zero-order valence-corrected chi connectivity index (χ0v) is 19.5. The van der Waals surface area contributed by atoms with E-state index >= 15 is 0 Å². The van der Waals surface area contributed by atoms with Gasteiger partial charge in [0.05, 0.1) is 21.4 Å². The number of carbonyl (C=O) groups is 1. The maximum Gasteiger partial charge on any atom is 0.251 e. The highest BCUT2D eigenvalue weighted by molar-refractivity contribution is 7.16. The number of hydrogen-bond acceptors (Lipinski definition) is 7. The van der Waals surface area contributed by atoms with Crippen molar-refractivity contribution in [1.82, 2.24) is 20.3 Å². The van der Waals surface area contributed by atoms with Crippen molar-refractivity contribution in [1.29, 1.82) is 0 Å². The van der Waals surface area contributed by atoms with E-state index in [1.165, 1.54) is 24.1 Å². The third-order valence-corrected chi connectivity index (χ3v) is 7.37. The number of anilines is 2. The fourth-order valence-corrected chi connectivity index (χ4v) is 5.55. The van der Waals surface area contributed by atoms with Gasteiger partial charge in [-0.3, -0.25) is 4.79 Å². The first kappa shape index (κ1) is 21.1. The topological polar surface area (TPSA) is 83.0 Å². The number of benzene rings is 1. The van der Waals surface area contributed by atoms with Gasteiger partial charge in [-0.2, -0.15) is 4.98 Å². The molecule has 0 atom stereocenters. The molecule has 0 spiro atoms. The molecule has 0 aliphatic heterocycles. The fourth-order valence-electron chi connectivity index (χ4n) is 4.84. The molecule has 3 aromatic rings. The molecule has 8 heteroatoms. The molecule has 2 aliphatic carbocycles. The summed E-state index contributed by atoms with van der Waals surface area (Å²) in [6, 6.07) is 6.26. The number of aryl methyl sites for hydroxylation is 1. The van der Waals surface area contributed by atoms with Gasteiger partial charge in [0.2, 0.25) is 5.95 Å². The quantitative estimate of drug-likeness (QED) is 0.607. The van der Waals surface area contributed by atoms with Crippen molar-refractivity contribution in [3.8, 4) is 0 Å². The lowest BCUT2D eigenvalue weighted by Crippen LogP contribution is -2.40. The highest BCUT2D eigenvalue weighted by Gasteiger charge is 2.25. The van der Waals surface area contributed by atoms with Gasteiger partial charge in [0.1, 0.15) is 5.82 Å². The zero-order chi connectivity index (χ0) is 22.1. The van der Waals surface area contributed by atoms with Crippen LogP contribution in [0.3, 0.4) is 0 Å². The molecule has 0 bridgehead atoms. The van der Waals surface area contributed by atoms with Crippen LogP contribution in [0.5, 0.6) is 0 Å². The molecule has 5 rings (SSSR count). The molecule has 0 unspecified atom stereocenters. The van der Waals surface area contributed by atoms with Gasteiger partial charge in [-0.1, -0.05) is 0 Å². The number of fused-ring (bicyclic) bond motifs is 2. The third-order valence-electron chi connectivity index (χ3n) is 6.57. The summed E-state index contributed by atoms with van der Waals surface area (Å²) in [5.41, 5.74) is 5.99. The summed E-state index contributed by atoms with van der Waals surface area (Å²) in [6.45, 7) is 0. The lowest BCUT2D eigenvalue weighted by atomic mass is 9.91. The summed E-state index contributed by atoms with van der Waals surface area (Å²) in [6.07, 6.45) is 8.45. The molecule has 0 radical (unpaired) electrons. The predicted molar refractivity (Wildman–Crippen MR) is 130 cm³/mol. The van der Waals surface area contributed by atoms with E-state index in [0.29, 0.717) is 11.6 Å². The Hall–Kier alpha value is -2.74. The first-order chi connectivity index (χ1) is 15.6. The van der Waals surface area contributed by atoms with E-state index in [1.54, 1.807) is 11.3 Å². The van der Waals surface area contributed by atoms with Crippen molar-refractivity contribution in [2.24, 2.45) is 0 Å². The van der Waals surface area contributed by atoms with E-state index < -0.39 is 0 Å². The first-order valence-electron chi connectivity index (χ1n) is 11.5. The monoisotopic (exact) mass is 450 g/mol. The Morgan fingerprint density at radius 3 is 2.66 bits per heavy atom. The van der Waals surface area contributed by atoms with Crippen LogP contribution in [0.4, 0.5) is 11.8 Å². The smallest absolute Gasteiger partial charge is 0.251 e. The van der Waals surface area contributed by atoms with Gasteiger partial charge in [-0.25, -0.2) is 9.97 Å². The van der Waals surface area contributed by atoms with E-state index in [-0.39, 0.29) is 11.9 Å². The van der Waals surface area contributed by atoms with Crippen molar-refractivity contribution in [2.45, 2.75) is 63.5 Å². The standard InChI is InChI=1S/C24H30N6OS/c1-30(2)22-18-5-3-4-6-19(18)28-24(29-22)27-17-10-8-16(9-11-17)26-23(31)15-7-12-20-21(13-15)32-14-25-20/h7,12-14,16-17H,3-6,8-11H2,1-2H3,(H,26,31)(H,27,28,29)/t16-,17+. The Balaban J connectivity index is 1.19. The molecule has 2 heterocycles. The number of hydrogen-bond donors (Lipinski definition) is 2. The molecule has 32 heavy (non-hydrogen) atoms. The Labute approximate surface area is 192 Å². The largest absolute Gasteiger partial charge is 0.362 e. The number of amides is 1. The predicted octanol–water partition coefficient (Wildman–Crippen LogP) is 4.18. The lowest BCUT2D eigenvalue weighted by Gasteiger charge is -2.30. The summed E-state index contributed by atoms with van der Waals surface area (Å²) in [5, 5.41) is 6.80. The van der Waals surface area contributed by atoms with Gasteiger partial charge in [0, 0.05) is 37.3 Å². The van der Waals surface area contributed by atoms with E-state index in [0.717, 1.165) is 60.5 Å². The van der Waals surface area contributed by atoms with Crippen LogP contribution in [0.1, 0.15) is 60.1 Å². The molecule has 2 aromatic heterocycles. The summed E-state index contributed by atoms with van der Waals surface area (Å²) in [7, 11) is 4.11. The van der Waals surface area contributed by atoms with Gasteiger partial charge in [0.15, 0.2) is 0 Å². The molecule has 7 nitrogen and oxygen atoms in total.